The van der Waals surface area contributed by atoms with E-state index in [1.165, 1.54) is 6.92 Å². The fraction of sp³-hybridized carbons (Fsp3) is 0.846. The van der Waals surface area contributed by atoms with E-state index >= 15 is 0 Å². The van der Waals surface area contributed by atoms with Crippen LogP contribution in [0.15, 0.2) is 0 Å². The third kappa shape index (κ3) is 9.48. The summed E-state index contributed by atoms with van der Waals surface area (Å²) in [5, 5.41) is 6.08. The predicted molar refractivity (Wildman–Crippen MR) is 78.1 cm³/mol. The third-order valence-electron chi connectivity index (χ3n) is 2.54. The van der Waals surface area contributed by atoms with Crippen LogP contribution < -0.4 is 10.6 Å². The van der Waals surface area contributed by atoms with Gasteiger partial charge >= 0.3 is 0 Å². The van der Waals surface area contributed by atoms with Crippen LogP contribution in [0.25, 0.3) is 0 Å². The van der Waals surface area contributed by atoms with Crippen molar-refractivity contribution < 1.29 is 9.59 Å². The quantitative estimate of drug-likeness (QED) is 0.465. The highest BCUT2D eigenvalue weighted by Crippen LogP contribution is 2.04. The van der Waals surface area contributed by atoms with Gasteiger partial charge in [-0.2, -0.15) is 12.6 Å². The van der Waals surface area contributed by atoms with Crippen LogP contribution in [-0.4, -0.2) is 35.6 Å². The predicted octanol–water partition coefficient (Wildman–Crippen LogP) is 1.55. The lowest BCUT2D eigenvalue weighted by atomic mass is 10.1. The number of Topliss-reactive ketones (excluding diaryl/α,β-unsaturated/α-hetero) is 1. The highest BCUT2D eigenvalue weighted by Gasteiger charge is 2.15. The first kappa shape index (κ1) is 17.4. The van der Waals surface area contributed by atoms with E-state index in [1.807, 2.05) is 0 Å². The van der Waals surface area contributed by atoms with E-state index in [0.717, 1.165) is 19.4 Å². The first-order chi connectivity index (χ1) is 8.26. The minimum absolute atomic E-state index is 0.00825. The SMILES string of the molecule is CC(=O)C(CCCCNC(C)(C)C)NC(=O)CS. The van der Waals surface area contributed by atoms with E-state index < -0.39 is 0 Å². The number of amides is 1. The van der Waals surface area contributed by atoms with Gasteiger partial charge in [0.1, 0.15) is 0 Å². The molecule has 0 saturated carbocycles. The highest BCUT2D eigenvalue weighted by atomic mass is 32.1. The molecule has 0 spiro atoms. The van der Waals surface area contributed by atoms with Crippen molar-refractivity contribution in [3.63, 3.8) is 0 Å². The minimum Gasteiger partial charge on any atom is -0.346 e. The van der Waals surface area contributed by atoms with Crippen molar-refractivity contribution in [1.29, 1.82) is 0 Å². The zero-order valence-corrected chi connectivity index (χ0v) is 12.8. The smallest absolute Gasteiger partial charge is 0.230 e. The Bertz CT molecular complexity index is 275. The Balaban J connectivity index is 3.85. The van der Waals surface area contributed by atoms with Gasteiger partial charge in [0.05, 0.1) is 11.8 Å². The lowest BCUT2D eigenvalue weighted by Gasteiger charge is -2.21. The summed E-state index contributed by atoms with van der Waals surface area (Å²) in [6.45, 7) is 8.81. The Labute approximate surface area is 116 Å². The van der Waals surface area contributed by atoms with Crippen LogP contribution in [-0.2, 0) is 9.59 Å². The number of nitrogens with one attached hydrogen (secondary N) is 2. The molecule has 0 radical (unpaired) electrons. The maximum atomic E-state index is 11.4. The van der Waals surface area contributed by atoms with Gasteiger partial charge in [-0.25, -0.2) is 0 Å². The van der Waals surface area contributed by atoms with Crippen molar-refractivity contribution in [3.05, 3.63) is 0 Å². The molecule has 0 fully saturated rings. The van der Waals surface area contributed by atoms with Crippen LogP contribution >= 0.6 is 12.6 Å². The van der Waals surface area contributed by atoms with E-state index in [2.05, 4.69) is 44.0 Å². The van der Waals surface area contributed by atoms with Crippen LogP contribution in [0.4, 0.5) is 0 Å². The van der Waals surface area contributed by atoms with Gasteiger partial charge in [0.15, 0.2) is 5.78 Å². The van der Waals surface area contributed by atoms with Crippen molar-refractivity contribution in [3.8, 4) is 0 Å². The summed E-state index contributed by atoms with van der Waals surface area (Å²) in [6.07, 6.45) is 2.61. The number of thiol groups is 1. The first-order valence-corrected chi connectivity index (χ1v) is 7.05. The minimum atomic E-state index is -0.362. The molecule has 0 aromatic rings. The van der Waals surface area contributed by atoms with Gasteiger partial charge in [-0.1, -0.05) is 0 Å². The number of hydrogen-bond acceptors (Lipinski definition) is 4. The zero-order chi connectivity index (χ0) is 14.2. The van der Waals surface area contributed by atoms with Crippen molar-refractivity contribution in [2.24, 2.45) is 0 Å². The number of carbonyl (C=O) groups excluding carboxylic acids is 2. The lowest BCUT2D eigenvalue weighted by Crippen LogP contribution is -2.40. The molecule has 0 aromatic heterocycles. The normalized spacial score (nSPS) is 13.2. The molecule has 0 heterocycles. The van der Waals surface area contributed by atoms with Gasteiger partial charge in [0.2, 0.25) is 5.91 Å². The maximum absolute atomic E-state index is 11.4. The van der Waals surface area contributed by atoms with E-state index in [-0.39, 0.29) is 29.0 Å². The van der Waals surface area contributed by atoms with E-state index in [0.29, 0.717) is 6.42 Å². The average molecular weight is 274 g/mol. The maximum Gasteiger partial charge on any atom is 0.230 e. The fourth-order valence-electron chi connectivity index (χ4n) is 1.55. The molecule has 106 valence electrons. The van der Waals surface area contributed by atoms with Crippen LogP contribution in [0.1, 0.15) is 47.0 Å². The molecule has 1 unspecified atom stereocenters. The van der Waals surface area contributed by atoms with Crippen LogP contribution in [0.2, 0.25) is 0 Å². The summed E-state index contributed by atoms with van der Waals surface area (Å²) in [6, 6.07) is -0.362. The van der Waals surface area contributed by atoms with Gasteiger partial charge < -0.3 is 10.6 Å². The molecule has 1 amide bonds. The van der Waals surface area contributed by atoms with E-state index in [4.69, 9.17) is 0 Å². The number of ketones is 1. The largest absolute Gasteiger partial charge is 0.346 e. The van der Waals surface area contributed by atoms with Crippen LogP contribution in [0.5, 0.6) is 0 Å². The topological polar surface area (TPSA) is 58.2 Å². The van der Waals surface area contributed by atoms with E-state index in [9.17, 15) is 9.59 Å². The molecule has 2 N–H and O–H groups in total. The van der Waals surface area contributed by atoms with Gasteiger partial charge in [-0.3, -0.25) is 9.59 Å². The second-order valence-electron chi connectivity index (χ2n) is 5.56. The zero-order valence-electron chi connectivity index (χ0n) is 11.9. The number of carbonyl (C=O) groups is 2. The molecular weight excluding hydrogens is 248 g/mol. The summed E-state index contributed by atoms with van der Waals surface area (Å²) < 4.78 is 0. The summed E-state index contributed by atoms with van der Waals surface area (Å²) in [5.41, 5.74) is 0.125. The molecule has 0 bridgehead atoms. The average Bonchev–Trinajstić information content (AvgIpc) is 2.24. The molecule has 0 rings (SSSR count). The van der Waals surface area contributed by atoms with Gasteiger partial charge in [0, 0.05) is 5.54 Å². The number of rotatable bonds is 8. The van der Waals surface area contributed by atoms with Crippen LogP contribution in [0.3, 0.4) is 0 Å². The highest BCUT2D eigenvalue weighted by molar-refractivity contribution is 7.81. The summed E-state index contributed by atoms with van der Waals surface area (Å²) in [4.78, 5) is 22.6. The molecule has 5 heteroatoms. The first-order valence-electron chi connectivity index (χ1n) is 6.42. The summed E-state index contributed by atoms with van der Waals surface area (Å²) in [7, 11) is 0. The second-order valence-corrected chi connectivity index (χ2v) is 5.88. The Morgan fingerprint density at radius 3 is 2.28 bits per heavy atom. The number of hydrogen-bond donors (Lipinski definition) is 3. The Morgan fingerprint density at radius 1 is 1.22 bits per heavy atom. The van der Waals surface area contributed by atoms with Crippen molar-refractivity contribution >= 4 is 24.3 Å². The molecule has 1 atom stereocenters. The molecule has 18 heavy (non-hydrogen) atoms. The fourth-order valence-corrected chi connectivity index (χ4v) is 1.65. The lowest BCUT2D eigenvalue weighted by molar-refractivity contribution is -0.125. The Morgan fingerprint density at radius 2 is 1.83 bits per heavy atom. The van der Waals surface area contributed by atoms with Crippen molar-refractivity contribution in [1.82, 2.24) is 10.6 Å². The van der Waals surface area contributed by atoms with Gasteiger partial charge in [-0.15, -0.1) is 0 Å². The molecule has 0 aliphatic rings. The molecule has 0 aliphatic heterocycles. The molecule has 4 nitrogen and oxygen atoms in total. The standard InChI is InChI=1S/C13H26N2O2S/c1-10(16)11(15-12(17)9-18)7-5-6-8-14-13(2,3)4/h11,14,18H,5-9H2,1-4H3,(H,15,17). The van der Waals surface area contributed by atoms with Crippen molar-refractivity contribution in [2.45, 2.75) is 58.5 Å². The van der Waals surface area contributed by atoms with Gasteiger partial charge in [0.25, 0.3) is 0 Å². The Kier molecular flexibility index (Phi) is 8.27. The third-order valence-corrected chi connectivity index (χ3v) is 2.83. The van der Waals surface area contributed by atoms with Gasteiger partial charge in [-0.05, 0) is 53.5 Å². The molecule has 0 aliphatic carbocycles. The summed E-state index contributed by atoms with van der Waals surface area (Å²) in [5.74, 6) is -0.0599. The molecule has 0 aromatic carbocycles. The Hall–Kier alpha value is -0.550. The monoisotopic (exact) mass is 274 g/mol. The molecule has 0 saturated heterocycles. The van der Waals surface area contributed by atoms with E-state index in [1.54, 1.807) is 0 Å². The molecular formula is C13H26N2O2S. The summed E-state index contributed by atoms with van der Waals surface area (Å²) >= 11 is 3.88. The second kappa shape index (κ2) is 8.53. The number of unbranched alkanes of at least 4 members (excludes halogenated alkanes) is 1. The van der Waals surface area contributed by atoms with Crippen molar-refractivity contribution in [2.75, 3.05) is 12.3 Å². The van der Waals surface area contributed by atoms with Crippen LogP contribution in [0, 0.1) is 0 Å².